The van der Waals surface area contributed by atoms with E-state index in [0.29, 0.717) is 9.92 Å². The van der Waals surface area contributed by atoms with E-state index < -0.39 is 22.0 Å². The fourth-order valence-electron chi connectivity index (χ4n) is 1.03. The summed E-state index contributed by atoms with van der Waals surface area (Å²) in [5.74, 6) is -0.483. The molecule has 0 aliphatic carbocycles. The molecule has 0 amide bonds. The van der Waals surface area contributed by atoms with Crippen LogP contribution in [0.1, 0.15) is 6.92 Å². The van der Waals surface area contributed by atoms with Crippen molar-refractivity contribution in [3.8, 4) is 0 Å². The first-order valence-electron chi connectivity index (χ1n) is 4.30. The molecule has 0 saturated carbocycles. The number of methoxy groups -OCH3 is 1. The van der Waals surface area contributed by atoms with Crippen LogP contribution in [0.5, 0.6) is 0 Å². The third kappa shape index (κ3) is 3.04. The van der Waals surface area contributed by atoms with Gasteiger partial charge in [-0.15, -0.1) is 0 Å². The van der Waals surface area contributed by atoms with Crippen molar-refractivity contribution in [1.29, 1.82) is 0 Å². The van der Waals surface area contributed by atoms with E-state index in [-0.39, 0.29) is 0 Å². The van der Waals surface area contributed by atoms with Crippen LogP contribution in [0.25, 0.3) is 0 Å². The van der Waals surface area contributed by atoms with Crippen molar-refractivity contribution in [2.45, 2.75) is 17.1 Å². The third-order valence-corrected chi connectivity index (χ3v) is 3.72. The molecular weight excluding hydrogens is 236 g/mol. The van der Waals surface area contributed by atoms with Crippen molar-refractivity contribution in [2.24, 2.45) is 0 Å². The Labute approximate surface area is 95.8 Å². The lowest BCUT2D eigenvalue weighted by Gasteiger charge is -2.08. The Bertz CT molecular complexity index is 375. The number of halogens is 1. The first-order chi connectivity index (χ1) is 7.06. The second-order valence-corrected chi connectivity index (χ2v) is 5.13. The van der Waals surface area contributed by atoms with Crippen LogP contribution in [-0.4, -0.2) is 22.5 Å². The fourth-order valence-corrected chi connectivity index (χ4v) is 2.24. The van der Waals surface area contributed by atoms with Gasteiger partial charge in [0.15, 0.2) is 0 Å². The number of benzene rings is 1. The van der Waals surface area contributed by atoms with Gasteiger partial charge in [0.25, 0.3) is 0 Å². The van der Waals surface area contributed by atoms with Gasteiger partial charge in [0.05, 0.1) is 17.9 Å². The second-order valence-electron chi connectivity index (χ2n) is 2.92. The van der Waals surface area contributed by atoms with Gasteiger partial charge in [-0.05, 0) is 31.2 Å². The highest BCUT2D eigenvalue weighted by molar-refractivity contribution is 7.86. The highest BCUT2D eigenvalue weighted by Gasteiger charge is 2.21. The van der Waals surface area contributed by atoms with Crippen LogP contribution in [0.4, 0.5) is 0 Å². The van der Waals surface area contributed by atoms with Crippen LogP contribution in [0.2, 0.25) is 5.02 Å². The van der Waals surface area contributed by atoms with E-state index in [1.807, 2.05) is 0 Å². The molecule has 3 nitrogen and oxygen atoms in total. The molecule has 1 aromatic rings. The van der Waals surface area contributed by atoms with Gasteiger partial charge in [-0.1, -0.05) is 11.6 Å². The predicted molar refractivity (Wildman–Crippen MR) is 59.3 cm³/mol. The van der Waals surface area contributed by atoms with Crippen LogP contribution in [0.3, 0.4) is 0 Å². The minimum atomic E-state index is -1.40. The Morgan fingerprint density at radius 3 is 2.40 bits per heavy atom. The van der Waals surface area contributed by atoms with Gasteiger partial charge in [0, 0.05) is 9.92 Å². The topological polar surface area (TPSA) is 43.4 Å². The first kappa shape index (κ1) is 12.2. The molecule has 0 radical (unpaired) electrons. The Kier molecular flexibility index (Phi) is 4.29. The summed E-state index contributed by atoms with van der Waals surface area (Å²) in [6.45, 7) is 1.57. The smallest absolute Gasteiger partial charge is 0.321 e. The van der Waals surface area contributed by atoms with E-state index in [0.717, 1.165) is 0 Å². The molecule has 2 atom stereocenters. The van der Waals surface area contributed by atoms with Gasteiger partial charge in [0.2, 0.25) is 0 Å². The van der Waals surface area contributed by atoms with Gasteiger partial charge in [-0.3, -0.25) is 9.00 Å². The van der Waals surface area contributed by atoms with E-state index in [9.17, 15) is 9.00 Å². The normalized spacial score (nSPS) is 14.3. The number of rotatable bonds is 3. The molecule has 0 aliphatic heterocycles. The monoisotopic (exact) mass is 246 g/mol. The first-order valence-corrected chi connectivity index (χ1v) is 5.89. The van der Waals surface area contributed by atoms with Crippen molar-refractivity contribution < 1.29 is 13.7 Å². The van der Waals surface area contributed by atoms with Crippen LogP contribution in [-0.2, 0) is 20.3 Å². The summed E-state index contributed by atoms with van der Waals surface area (Å²) in [4.78, 5) is 11.7. The number of ether oxygens (including phenoxy) is 1. The number of esters is 1. The van der Waals surface area contributed by atoms with Gasteiger partial charge in [0.1, 0.15) is 5.25 Å². The van der Waals surface area contributed by atoms with E-state index in [1.165, 1.54) is 7.11 Å². The van der Waals surface area contributed by atoms with Gasteiger partial charge < -0.3 is 4.74 Å². The Balaban J connectivity index is 2.85. The molecule has 82 valence electrons. The number of hydrogen-bond acceptors (Lipinski definition) is 3. The molecule has 2 unspecified atom stereocenters. The molecule has 0 aliphatic rings. The van der Waals surface area contributed by atoms with Crippen molar-refractivity contribution in [1.82, 2.24) is 0 Å². The SMILES string of the molecule is COC(=O)C(C)S(=O)c1ccc(Cl)cc1. The summed E-state index contributed by atoms with van der Waals surface area (Å²) in [5.41, 5.74) is 0. The largest absolute Gasteiger partial charge is 0.468 e. The molecule has 0 fully saturated rings. The lowest BCUT2D eigenvalue weighted by Crippen LogP contribution is -2.23. The summed E-state index contributed by atoms with van der Waals surface area (Å²) in [7, 11) is -0.124. The quantitative estimate of drug-likeness (QED) is 0.767. The summed E-state index contributed by atoms with van der Waals surface area (Å²) >= 11 is 5.70. The Morgan fingerprint density at radius 2 is 1.93 bits per heavy atom. The molecule has 0 spiro atoms. The molecule has 1 rings (SSSR count). The third-order valence-electron chi connectivity index (χ3n) is 1.90. The number of hydrogen-bond donors (Lipinski definition) is 0. The summed E-state index contributed by atoms with van der Waals surface area (Å²) in [6.07, 6.45) is 0. The minimum absolute atomic E-state index is 0.483. The maximum atomic E-state index is 11.8. The minimum Gasteiger partial charge on any atom is -0.468 e. The Morgan fingerprint density at radius 1 is 1.40 bits per heavy atom. The van der Waals surface area contributed by atoms with E-state index in [1.54, 1.807) is 31.2 Å². The highest BCUT2D eigenvalue weighted by Crippen LogP contribution is 2.15. The summed E-state index contributed by atoms with van der Waals surface area (Å²) < 4.78 is 16.3. The molecule has 1 aromatic carbocycles. The number of carbonyl (C=O) groups excluding carboxylic acids is 1. The highest BCUT2D eigenvalue weighted by atomic mass is 35.5. The zero-order valence-electron chi connectivity index (χ0n) is 8.40. The van der Waals surface area contributed by atoms with Crippen molar-refractivity contribution in [3.05, 3.63) is 29.3 Å². The maximum absolute atomic E-state index is 11.8. The van der Waals surface area contributed by atoms with E-state index >= 15 is 0 Å². The second kappa shape index (κ2) is 5.28. The molecule has 0 bridgehead atoms. The molecule has 0 aromatic heterocycles. The average Bonchev–Trinajstić information content (AvgIpc) is 2.27. The summed E-state index contributed by atoms with van der Waals surface area (Å²) in [6, 6.07) is 6.55. The molecule has 0 heterocycles. The zero-order valence-corrected chi connectivity index (χ0v) is 9.97. The van der Waals surface area contributed by atoms with Crippen molar-refractivity contribution >= 4 is 28.4 Å². The zero-order chi connectivity index (χ0) is 11.4. The lowest BCUT2D eigenvalue weighted by molar-refractivity contribution is -0.139. The lowest BCUT2D eigenvalue weighted by atomic mass is 10.4. The van der Waals surface area contributed by atoms with E-state index in [4.69, 9.17) is 11.6 Å². The molecule has 15 heavy (non-hydrogen) atoms. The Hall–Kier alpha value is -0.870. The molecule has 5 heteroatoms. The van der Waals surface area contributed by atoms with Gasteiger partial charge in [-0.25, -0.2) is 0 Å². The average molecular weight is 247 g/mol. The molecule has 0 saturated heterocycles. The van der Waals surface area contributed by atoms with Crippen molar-refractivity contribution in [3.63, 3.8) is 0 Å². The van der Waals surface area contributed by atoms with Crippen LogP contribution < -0.4 is 0 Å². The molecule has 0 N–H and O–H groups in total. The fraction of sp³-hybridized carbons (Fsp3) is 0.300. The van der Waals surface area contributed by atoms with Crippen LogP contribution in [0.15, 0.2) is 29.2 Å². The molecular formula is C10H11ClO3S. The van der Waals surface area contributed by atoms with E-state index in [2.05, 4.69) is 4.74 Å². The maximum Gasteiger partial charge on any atom is 0.321 e. The van der Waals surface area contributed by atoms with Gasteiger partial charge in [-0.2, -0.15) is 0 Å². The standard InChI is InChI=1S/C10H11ClO3S/c1-7(10(12)14-2)15(13)9-5-3-8(11)4-6-9/h3-7H,1-2H3. The van der Waals surface area contributed by atoms with Crippen molar-refractivity contribution in [2.75, 3.05) is 7.11 Å². The summed E-state index contributed by atoms with van der Waals surface area (Å²) in [5, 5.41) is -0.0994. The number of carbonyl (C=O) groups is 1. The van der Waals surface area contributed by atoms with Gasteiger partial charge >= 0.3 is 5.97 Å². The van der Waals surface area contributed by atoms with Crippen LogP contribution in [0, 0.1) is 0 Å². The van der Waals surface area contributed by atoms with Crippen LogP contribution >= 0.6 is 11.6 Å². The predicted octanol–water partition coefficient (Wildman–Crippen LogP) is 2.01.